The third-order valence-electron chi connectivity index (χ3n) is 8.29. The van der Waals surface area contributed by atoms with Crippen LogP contribution in [-0.4, -0.2) is 60.3 Å². The van der Waals surface area contributed by atoms with Crippen molar-refractivity contribution < 1.29 is 14.6 Å². The van der Waals surface area contributed by atoms with Gasteiger partial charge in [0.25, 0.3) is 5.91 Å². The van der Waals surface area contributed by atoms with Gasteiger partial charge in [0.05, 0.1) is 24.5 Å². The van der Waals surface area contributed by atoms with Crippen LogP contribution in [0.5, 0.6) is 0 Å². The van der Waals surface area contributed by atoms with Gasteiger partial charge in [-0.05, 0) is 42.0 Å². The maximum Gasteiger partial charge on any atom is 0.257 e. The molecule has 0 radical (unpaired) electrons. The minimum absolute atomic E-state index is 0.00462. The number of benzene rings is 3. The summed E-state index contributed by atoms with van der Waals surface area (Å²) in [5, 5.41) is 12.2. The predicted molar refractivity (Wildman–Crippen MR) is 157 cm³/mol. The SMILES string of the molecule is O=C(c1ccc(-c2ccccc2)nc1N1CCOCC1)N1CCC(C(O)(c2ccccc2)c2ccccc2)CC1. The van der Waals surface area contributed by atoms with Crippen molar-refractivity contribution in [2.24, 2.45) is 5.92 Å². The van der Waals surface area contributed by atoms with Crippen LogP contribution in [0, 0.1) is 5.92 Å². The molecule has 2 aliphatic heterocycles. The summed E-state index contributed by atoms with van der Waals surface area (Å²) in [7, 11) is 0. The Morgan fingerprint density at radius 2 is 1.30 bits per heavy atom. The highest BCUT2D eigenvalue weighted by Gasteiger charge is 2.42. The summed E-state index contributed by atoms with van der Waals surface area (Å²) in [5.41, 5.74) is 3.17. The van der Waals surface area contributed by atoms with Crippen LogP contribution >= 0.6 is 0 Å². The maximum atomic E-state index is 14.0. The van der Waals surface area contributed by atoms with Gasteiger partial charge >= 0.3 is 0 Å². The molecular formula is C34H35N3O3. The molecule has 2 saturated heterocycles. The molecule has 0 saturated carbocycles. The van der Waals surface area contributed by atoms with E-state index < -0.39 is 5.60 Å². The topological polar surface area (TPSA) is 65.9 Å². The standard InChI is InChI=1S/C34H35N3O3/c38-33(30-16-17-31(26-10-4-1-5-11-26)35-32(30)36-22-24-40-25-23-36)37-20-18-29(19-21-37)34(39,27-12-6-2-7-13-27)28-14-8-3-9-15-28/h1-17,29,39H,18-25H2. The molecule has 0 spiro atoms. The Labute approximate surface area is 235 Å². The van der Waals surface area contributed by atoms with E-state index in [1.165, 1.54) is 0 Å². The van der Waals surface area contributed by atoms with Gasteiger partial charge in [0, 0.05) is 31.7 Å². The summed E-state index contributed by atoms with van der Waals surface area (Å²) in [6, 6.07) is 33.8. The van der Waals surface area contributed by atoms with E-state index >= 15 is 0 Å². The normalized spacial score (nSPS) is 16.6. The van der Waals surface area contributed by atoms with Gasteiger partial charge < -0.3 is 19.6 Å². The van der Waals surface area contributed by atoms with E-state index in [4.69, 9.17) is 9.72 Å². The third-order valence-corrected chi connectivity index (χ3v) is 8.29. The fourth-order valence-electron chi connectivity index (χ4n) is 6.09. The van der Waals surface area contributed by atoms with E-state index in [1.54, 1.807) is 0 Å². The summed E-state index contributed by atoms with van der Waals surface area (Å²) in [4.78, 5) is 23.1. The van der Waals surface area contributed by atoms with Crippen LogP contribution in [0.15, 0.2) is 103 Å². The first kappa shape index (κ1) is 26.2. The lowest BCUT2D eigenvalue weighted by Crippen LogP contribution is -2.46. The lowest BCUT2D eigenvalue weighted by atomic mass is 9.72. The summed E-state index contributed by atoms with van der Waals surface area (Å²) >= 11 is 0. The van der Waals surface area contributed by atoms with E-state index in [-0.39, 0.29) is 11.8 Å². The molecule has 4 aromatic rings. The number of amides is 1. The second kappa shape index (κ2) is 11.6. The second-order valence-electron chi connectivity index (χ2n) is 10.6. The van der Waals surface area contributed by atoms with Crippen LogP contribution in [0.25, 0.3) is 11.3 Å². The van der Waals surface area contributed by atoms with Gasteiger partial charge in [0.2, 0.25) is 0 Å². The van der Waals surface area contributed by atoms with E-state index in [0.717, 1.165) is 28.2 Å². The molecule has 0 bridgehead atoms. The molecule has 6 heteroatoms. The molecular weight excluding hydrogens is 498 g/mol. The van der Waals surface area contributed by atoms with E-state index in [1.807, 2.05) is 108 Å². The highest BCUT2D eigenvalue weighted by atomic mass is 16.5. The summed E-state index contributed by atoms with van der Waals surface area (Å²) in [6.07, 6.45) is 1.41. The molecule has 3 heterocycles. The summed E-state index contributed by atoms with van der Waals surface area (Å²) in [5.74, 6) is 0.704. The number of hydrogen-bond donors (Lipinski definition) is 1. The number of ether oxygens (including phenoxy) is 1. The average molecular weight is 534 g/mol. The van der Waals surface area contributed by atoms with Crippen molar-refractivity contribution in [3.05, 3.63) is 120 Å². The number of morpholine rings is 1. The Morgan fingerprint density at radius 3 is 1.88 bits per heavy atom. The molecule has 6 nitrogen and oxygen atoms in total. The highest BCUT2D eigenvalue weighted by Crippen LogP contribution is 2.42. The quantitative estimate of drug-likeness (QED) is 0.361. The molecule has 3 aromatic carbocycles. The van der Waals surface area contributed by atoms with Gasteiger partial charge in [-0.15, -0.1) is 0 Å². The Bertz CT molecular complexity index is 1380. The number of piperidine rings is 1. The number of likely N-dealkylation sites (tertiary alicyclic amines) is 1. The van der Waals surface area contributed by atoms with E-state index in [2.05, 4.69) is 4.90 Å². The number of hydrogen-bond acceptors (Lipinski definition) is 5. The monoisotopic (exact) mass is 533 g/mol. The van der Waals surface area contributed by atoms with Gasteiger partial charge in [0.1, 0.15) is 11.4 Å². The van der Waals surface area contributed by atoms with Crippen LogP contribution in [0.2, 0.25) is 0 Å². The van der Waals surface area contributed by atoms with Crippen LogP contribution in [0.3, 0.4) is 0 Å². The predicted octanol–water partition coefficient (Wildman–Crippen LogP) is 5.37. The van der Waals surface area contributed by atoms with Gasteiger partial charge in [-0.25, -0.2) is 4.98 Å². The zero-order chi connectivity index (χ0) is 27.4. The number of rotatable bonds is 6. The fraction of sp³-hybridized carbons (Fsp3) is 0.294. The van der Waals surface area contributed by atoms with E-state index in [0.29, 0.717) is 57.8 Å². The first-order valence-electron chi connectivity index (χ1n) is 14.2. The number of aromatic nitrogens is 1. The second-order valence-corrected chi connectivity index (χ2v) is 10.6. The highest BCUT2D eigenvalue weighted by molar-refractivity contribution is 5.99. The molecule has 1 amide bonds. The third kappa shape index (κ3) is 5.12. The Hall–Kier alpha value is -4.00. The molecule has 2 aliphatic rings. The fourth-order valence-corrected chi connectivity index (χ4v) is 6.09. The van der Waals surface area contributed by atoms with Crippen molar-refractivity contribution >= 4 is 11.7 Å². The van der Waals surface area contributed by atoms with Gasteiger partial charge in [-0.1, -0.05) is 91.0 Å². The van der Waals surface area contributed by atoms with Crippen molar-refractivity contribution in [1.82, 2.24) is 9.88 Å². The number of carbonyl (C=O) groups is 1. The Balaban J connectivity index is 1.26. The van der Waals surface area contributed by atoms with Crippen LogP contribution in [-0.2, 0) is 10.3 Å². The van der Waals surface area contributed by atoms with Crippen molar-refractivity contribution in [3.63, 3.8) is 0 Å². The molecule has 0 unspecified atom stereocenters. The number of pyridine rings is 1. The number of carbonyl (C=O) groups excluding carboxylic acids is 1. The smallest absolute Gasteiger partial charge is 0.257 e. The minimum Gasteiger partial charge on any atom is -0.380 e. The van der Waals surface area contributed by atoms with Crippen molar-refractivity contribution in [1.29, 1.82) is 0 Å². The summed E-state index contributed by atoms with van der Waals surface area (Å²) in [6.45, 7) is 3.80. The molecule has 6 rings (SSSR count). The van der Waals surface area contributed by atoms with Crippen LogP contribution < -0.4 is 4.90 Å². The first-order chi connectivity index (χ1) is 19.6. The molecule has 40 heavy (non-hydrogen) atoms. The zero-order valence-electron chi connectivity index (χ0n) is 22.7. The van der Waals surface area contributed by atoms with Crippen LogP contribution in [0.4, 0.5) is 5.82 Å². The lowest BCUT2D eigenvalue weighted by molar-refractivity contribution is -0.0122. The molecule has 2 fully saturated rings. The van der Waals surface area contributed by atoms with Gasteiger partial charge in [0.15, 0.2) is 0 Å². The van der Waals surface area contributed by atoms with Crippen LogP contribution in [0.1, 0.15) is 34.3 Å². The maximum absolute atomic E-state index is 14.0. The molecule has 204 valence electrons. The Morgan fingerprint density at radius 1 is 0.750 bits per heavy atom. The number of anilines is 1. The van der Waals surface area contributed by atoms with Crippen molar-refractivity contribution in [2.45, 2.75) is 18.4 Å². The molecule has 1 aromatic heterocycles. The van der Waals surface area contributed by atoms with Gasteiger partial charge in [-0.3, -0.25) is 4.79 Å². The lowest BCUT2D eigenvalue weighted by Gasteiger charge is -2.42. The minimum atomic E-state index is -1.12. The summed E-state index contributed by atoms with van der Waals surface area (Å²) < 4.78 is 5.58. The Kier molecular flexibility index (Phi) is 7.62. The van der Waals surface area contributed by atoms with E-state index in [9.17, 15) is 9.90 Å². The molecule has 0 aliphatic carbocycles. The number of nitrogens with zero attached hydrogens (tertiary/aromatic N) is 3. The largest absolute Gasteiger partial charge is 0.380 e. The average Bonchev–Trinajstić information content (AvgIpc) is 3.05. The van der Waals surface area contributed by atoms with Crippen molar-refractivity contribution in [3.8, 4) is 11.3 Å². The molecule has 0 atom stereocenters. The first-order valence-corrected chi connectivity index (χ1v) is 14.2. The number of aliphatic hydroxyl groups is 1. The zero-order valence-corrected chi connectivity index (χ0v) is 22.7. The molecule has 1 N–H and O–H groups in total. The van der Waals surface area contributed by atoms with Gasteiger partial charge in [-0.2, -0.15) is 0 Å². The van der Waals surface area contributed by atoms with Crippen molar-refractivity contribution in [2.75, 3.05) is 44.3 Å².